The van der Waals surface area contributed by atoms with Gasteiger partial charge in [0.1, 0.15) is 11.4 Å². The van der Waals surface area contributed by atoms with Crippen molar-refractivity contribution in [3.05, 3.63) is 39.1 Å². The van der Waals surface area contributed by atoms with E-state index in [0.717, 1.165) is 0 Å². The highest BCUT2D eigenvalue weighted by molar-refractivity contribution is 6.40. The molecule has 7 heteroatoms. The fourth-order valence-electron chi connectivity index (χ4n) is 1.19. The lowest BCUT2D eigenvalue weighted by Crippen LogP contribution is -1.97. The Balaban J connectivity index is 2.59. The van der Waals surface area contributed by atoms with Gasteiger partial charge in [0, 0.05) is 5.02 Å². The quantitative estimate of drug-likeness (QED) is 0.792. The van der Waals surface area contributed by atoms with Crippen LogP contribution in [0.4, 0.5) is 0 Å². The van der Waals surface area contributed by atoms with Gasteiger partial charge >= 0.3 is 0 Å². The number of carbonyl (C=O) groups is 1. The van der Waals surface area contributed by atoms with Crippen molar-refractivity contribution in [3.8, 4) is 5.69 Å². The molecule has 0 aliphatic rings. The monoisotopic (exact) mass is 275 g/mol. The van der Waals surface area contributed by atoms with Crippen molar-refractivity contribution in [2.24, 2.45) is 0 Å². The molecule has 2 aromatic rings. The summed E-state index contributed by atoms with van der Waals surface area (Å²) in [6.07, 6.45) is 2.01. The van der Waals surface area contributed by atoms with Gasteiger partial charge in [0.05, 0.1) is 16.2 Å². The van der Waals surface area contributed by atoms with Crippen LogP contribution in [-0.4, -0.2) is 21.3 Å². The Kier molecular flexibility index (Phi) is 3.14. The summed E-state index contributed by atoms with van der Waals surface area (Å²) in [5.74, 6) is 0. The first kappa shape index (κ1) is 11.4. The van der Waals surface area contributed by atoms with Gasteiger partial charge in [-0.1, -0.05) is 40.0 Å². The molecule has 0 aliphatic carbocycles. The lowest BCUT2D eigenvalue weighted by molar-refractivity contribution is 0.111. The van der Waals surface area contributed by atoms with Crippen LogP contribution in [0.3, 0.4) is 0 Å². The topological polar surface area (TPSA) is 47.8 Å². The molecule has 1 aromatic heterocycles. The van der Waals surface area contributed by atoms with Crippen LogP contribution in [0, 0.1) is 0 Å². The maximum Gasteiger partial charge on any atom is 0.171 e. The van der Waals surface area contributed by atoms with Crippen molar-refractivity contribution in [2.45, 2.75) is 0 Å². The van der Waals surface area contributed by atoms with E-state index < -0.39 is 0 Å². The Morgan fingerprint density at radius 2 is 1.81 bits per heavy atom. The summed E-state index contributed by atoms with van der Waals surface area (Å²) in [6.45, 7) is 0. The zero-order valence-electron chi connectivity index (χ0n) is 7.69. The van der Waals surface area contributed by atoms with Crippen LogP contribution in [0.15, 0.2) is 18.3 Å². The van der Waals surface area contributed by atoms with Gasteiger partial charge in [0.25, 0.3) is 0 Å². The van der Waals surface area contributed by atoms with Gasteiger partial charge in [-0.3, -0.25) is 4.79 Å². The fourth-order valence-corrected chi connectivity index (χ4v) is 2.18. The number of aldehydes is 1. The van der Waals surface area contributed by atoms with E-state index in [9.17, 15) is 4.79 Å². The van der Waals surface area contributed by atoms with E-state index in [1.807, 2.05) is 0 Å². The number of hydrogen-bond acceptors (Lipinski definition) is 3. The molecule has 0 unspecified atom stereocenters. The second-order valence-corrected chi connectivity index (χ2v) is 4.17. The Morgan fingerprint density at radius 1 is 1.19 bits per heavy atom. The molecule has 1 aromatic carbocycles. The van der Waals surface area contributed by atoms with E-state index in [-0.39, 0.29) is 5.69 Å². The van der Waals surface area contributed by atoms with Crippen molar-refractivity contribution in [1.29, 1.82) is 0 Å². The van der Waals surface area contributed by atoms with Crippen LogP contribution < -0.4 is 0 Å². The fraction of sp³-hybridized carbons (Fsp3) is 0. The maximum absolute atomic E-state index is 10.5. The van der Waals surface area contributed by atoms with Crippen LogP contribution >= 0.6 is 34.8 Å². The van der Waals surface area contributed by atoms with Crippen molar-refractivity contribution >= 4 is 41.1 Å². The minimum absolute atomic E-state index is 0.196. The van der Waals surface area contributed by atoms with Crippen molar-refractivity contribution in [2.75, 3.05) is 0 Å². The minimum Gasteiger partial charge on any atom is -0.296 e. The van der Waals surface area contributed by atoms with E-state index in [2.05, 4.69) is 10.3 Å². The Bertz CT molecular complexity index is 530. The number of nitrogens with zero attached hydrogens (tertiary/aromatic N) is 3. The molecular weight excluding hydrogens is 272 g/mol. The third-order valence-corrected chi connectivity index (χ3v) is 2.64. The molecule has 0 bridgehead atoms. The van der Waals surface area contributed by atoms with Gasteiger partial charge in [-0.2, -0.15) is 0 Å². The number of hydrogen-bond donors (Lipinski definition) is 0. The molecular formula is C9H4Cl3N3O. The van der Waals surface area contributed by atoms with Gasteiger partial charge in [0.15, 0.2) is 6.29 Å². The summed E-state index contributed by atoms with van der Waals surface area (Å²) in [6, 6.07) is 3.07. The number of benzene rings is 1. The number of halogens is 3. The van der Waals surface area contributed by atoms with Crippen LogP contribution in [0.25, 0.3) is 5.69 Å². The largest absolute Gasteiger partial charge is 0.296 e. The molecule has 4 nitrogen and oxygen atoms in total. The first-order chi connectivity index (χ1) is 7.61. The highest BCUT2D eigenvalue weighted by atomic mass is 35.5. The third kappa shape index (κ3) is 2.04. The van der Waals surface area contributed by atoms with Crippen molar-refractivity contribution < 1.29 is 4.79 Å². The Morgan fingerprint density at radius 3 is 2.31 bits per heavy atom. The second-order valence-electron chi connectivity index (χ2n) is 2.92. The zero-order valence-corrected chi connectivity index (χ0v) is 9.96. The lowest BCUT2D eigenvalue weighted by atomic mass is 10.3. The predicted molar refractivity (Wildman–Crippen MR) is 61.8 cm³/mol. The number of carbonyl (C=O) groups excluding carboxylic acids is 1. The maximum atomic E-state index is 10.5. The first-order valence-corrected chi connectivity index (χ1v) is 5.27. The van der Waals surface area contributed by atoms with Crippen molar-refractivity contribution in [1.82, 2.24) is 15.0 Å². The minimum atomic E-state index is 0.196. The summed E-state index contributed by atoms with van der Waals surface area (Å²) in [5.41, 5.74) is 0.635. The average molecular weight is 277 g/mol. The molecule has 0 fully saturated rings. The summed E-state index contributed by atoms with van der Waals surface area (Å²) >= 11 is 17.7. The van der Waals surface area contributed by atoms with E-state index in [4.69, 9.17) is 34.8 Å². The first-order valence-electron chi connectivity index (χ1n) is 4.14. The molecule has 0 aliphatic heterocycles. The molecule has 0 amide bonds. The van der Waals surface area contributed by atoms with Crippen LogP contribution in [-0.2, 0) is 0 Å². The van der Waals surface area contributed by atoms with Gasteiger partial charge in [0.2, 0.25) is 0 Å². The normalized spacial score (nSPS) is 10.4. The van der Waals surface area contributed by atoms with Gasteiger partial charge in [-0.25, -0.2) is 4.68 Å². The van der Waals surface area contributed by atoms with E-state index >= 15 is 0 Å². The molecule has 0 N–H and O–H groups in total. The van der Waals surface area contributed by atoms with Crippen LogP contribution in [0.5, 0.6) is 0 Å². The molecule has 16 heavy (non-hydrogen) atoms. The molecule has 0 saturated carbocycles. The van der Waals surface area contributed by atoms with E-state index in [0.29, 0.717) is 27.0 Å². The van der Waals surface area contributed by atoms with Crippen LogP contribution in [0.1, 0.15) is 10.5 Å². The summed E-state index contributed by atoms with van der Waals surface area (Å²) in [7, 11) is 0. The Labute approximate surface area is 106 Å². The highest BCUT2D eigenvalue weighted by Gasteiger charge is 2.11. The molecule has 1 heterocycles. The SMILES string of the molecule is O=Cc1cn(-c2c(Cl)cc(Cl)cc2Cl)nn1. The zero-order chi connectivity index (χ0) is 11.7. The third-order valence-electron chi connectivity index (χ3n) is 1.84. The average Bonchev–Trinajstić information content (AvgIpc) is 2.64. The molecule has 0 saturated heterocycles. The predicted octanol–water partition coefficient (Wildman–Crippen LogP) is 3.04. The molecule has 0 atom stereocenters. The summed E-state index contributed by atoms with van der Waals surface area (Å²) in [5, 5.41) is 8.43. The number of rotatable bonds is 2. The van der Waals surface area contributed by atoms with Gasteiger partial charge < -0.3 is 0 Å². The van der Waals surface area contributed by atoms with Crippen molar-refractivity contribution in [3.63, 3.8) is 0 Å². The standard InChI is InChI=1S/C9H4Cl3N3O/c10-5-1-7(11)9(8(12)2-5)15-3-6(4-16)13-14-15/h1-4H. The van der Waals surface area contributed by atoms with E-state index in [1.54, 1.807) is 0 Å². The summed E-state index contributed by atoms with van der Waals surface area (Å²) < 4.78 is 1.32. The van der Waals surface area contributed by atoms with E-state index in [1.165, 1.54) is 23.0 Å². The molecule has 2 rings (SSSR count). The Hall–Kier alpha value is -1.10. The highest BCUT2D eigenvalue weighted by Crippen LogP contribution is 2.31. The smallest absolute Gasteiger partial charge is 0.171 e. The molecule has 0 spiro atoms. The van der Waals surface area contributed by atoms with Gasteiger partial charge in [-0.05, 0) is 12.1 Å². The lowest BCUT2D eigenvalue weighted by Gasteiger charge is -2.06. The molecule has 82 valence electrons. The number of aromatic nitrogens is 3. The van der Waals surface area contributed by atoms with Gasteiger partial charge in [-0.15, -0.1) is 5.10 Å². The molecule has 0 radical (unpaired) electrons. The summed E-state index contributed by atoms with van der Waals surface area (Å²) in [4.78, 5) is 10.5. The second kappa shape index (κ2) is 4.41. The van der Waals surface area contributed by atoms with Crippen LogP contribution in [0.2, 0.25) is 15.1 Å².